The van der Waals surface area contributed by atoms with Gasteiger partial charge in [-0.05, 0) is 62.0 Å². The van der Waals surface area contributed by atoms with Gasteiger partial charge in [-0.2, -0.15) is 0 Å². The summed E-state index contributed by atoms with van der Waals surface area (Å²) in [7, 11) is 1.15. The number of rotatable bonds is 7. The molecule has 0 aromatic rings. The Morgan fingerprint density at radius 1 is 1.16 bits per heavy atom. The van der Waals surface area contributed by atoms with Gasteiger partial charge in [0.15, 0.2) is 18.0 Å². The maximum absolute atomic E-state index is 13.8. The fourth-order valence-corrected chi connectivity index (χ4v) is 7.80. The fraction of sp³-hybridized carbons (Fsp3) is 0.724. The van der Waals surface area contributed by atoms with Crippen LogP contribution in [-0.4, -0.2) is 61.0 Å². The first-order valence-electron chi connectivity index (χ1n) is 13.6. The van der Waals surface area contributed by atoms with E-state index < -0.39 is 47.2 Å². The molecule has 0 aromatic heterocycles. The Bertz CT molecular complexity index is 1050. The normalized spacial score (nSPS) is 38.2. The van der Waals surface area contributed by atoms with Crippen LogP contribution in [0, 0.1) is 34.5 Å². The molecule has 8 atom stereocenters. The first kappa shape index (κ1) is 28.3. The molecular weight excluding hydrogens is 492 g/mol. The van der Waals surface area contributed by atoms with Crippen LogP contribution in [0.5, 0.6) is 0 Å². The van der Waals surface area contributed by atoms with E-state index in [0.29, 0.717) is 6.42 Å². The molecule has 4 aliphatic carbocycles. The molecule has 210 valence electrons. The van der Waals surface area contributed by atoms with Crippen molar-refractivity contribution in [2.75, 3.05) is 20.3 Å². The average Bonchev–Trinajstić information content (AvgIpc) is 3.17. The van der Waals surface area contributed by atoms with Crippen molar-refractivity contribution in [2.24, 2.45) is 34.5 Å². The lowest BCUT2D eigenvalue weighted by Gasteiger charge is -2.59. The number of carbonyl (C=O) groups is 4. The van der Waals surface area contributed by atoms with Crippen LogP contribution in [0.4, 0.5) is 9.59 Å². The summed E-state index contributed by atoms with van der Waals surface area (Å²) in [4.78, 5) is 50.4. The summed E-state index contributed by atoms with van der Waals surface area (Å²) in [6.45, 7) is 7.45. The van der Waals surface area contributed by atoms with Crippen molar-refractivity contribution in [3.05, 3.63) is 23.8 Å². The lowest BCUT2D eigenvalue weighted by Crippen LogP contribution is -2.63. The van der Waals surface area contributed by atoms with Gasteiger partial charge in [-0.15, -0.1) is 0 Å². The van der Waals surface area contributed by atoms with Crippen LogP contribution in [0.3, 0.4) is 0 Å². The molecule has 0 spiro atoms. The number of Topliss-reactive ketones (excluding diaryl/α,β-unsaturated/α-hetero) is 1. The van der Waals surface area contributed by atoms with Crippen LogP contribution in [-0.2, 0) is 28.5 Å². The SMILES string of the molecule is CCC(C)COC(=O)O[C@]1(C(=O)COC(=O)OC)CC[C@H]2[C@@H]3CCC4=CC(=O)C=C[C@]4(C)[C@H]3C(O)C[C@@]21C. The highest BCUT2D eigenvalue weighted by atomic mass is 16.7. The number of ketones is 2. The van der Waals surface area contributed by atoms with E-state index in [0.717, 1.165) is 31.9 Å². The number of fused-ring (bicyclic) bond motifs is 5. The number of methoxy groups -OCH3 is 1. The third-order valence-electron chi connectivity index (χ3n) is 9.99. The molecule has 3 saturated carbocycles. The van der Waals surface area contributed by atoms with E-state index >= 15 is 0 Å². The van der Waals surface area contributed by atoms with Gasteiger partial charge >= 0.3 is 12.3 Å². The zero-order valence-electron chi connectivity index (χ0n) is 23.0. The largest absolute Gasteiger partial charge is 0.509 e. The average molecular weight is 533 g/mol. The van der Waals surface area contributed by atoms with E-state index in [1.807, 2.05) is 26.8 Å². The van der Waals surface area contributed by atoms with Gasteiger partial charge in [-0.1, -0.05) is 45.8 Å². The summed E-state index contributed by atoms with van der Waals surface area (Å²) in [6, 6.07) is 0. The summed E-state index contributed by atoms with van der Waals surface area (Å²) in [5.41, 5.74) is -1.97. The number of aliphatic hydroxyl groups is 1. The molecule has 9 heteroatoms. The molecule has 2 unspecified atom stereocenters. The molecule has 0 amide bonds. The Morgan fingerprint density at radius 2 is 1.89 bits per heavy atom. The van der Waals surface area contributed by atoms with E-state index in [1.54, 1.807) is 12.2 Å². The molecule has 0 aliphatic heterocycles. The smallest absolute Gasteiger partial charge is 0.438 e. The molecule has 3 fully saturated rings. The molecule has 0 bridgehead atoms. The van der Waals surface area contributed by atoms with Crippen molar-refractivity contribution >= 4 is 23.9 Å². The highest BCUT2D eigenvalue weighted by molar-refractivity contribution is 6.01. The van der Waals surface area contributed by atoms with E-state index in [-0.39, 0.29) is 48.9 Å². The third kappa shape index (κ3) is 4.56. The third-order valence-corrected chi connectivity index (χ3v) is 9.99. The molecule has 0 heterocycles. The lowest BCUT2D eigenvalue weighted by atomic mass is 9.46. The number of carbonyl (C=O) groups excluding carboxylic acids is 4. The highest BCUT2D eigenvalue weighted by Gasteiger charge is 2.70. The number of allylic oxidation sites excluding steroid dienone is 4. The first-order valence-corrected chi connectivity index (χ1v) is 13.6. The van der Waals surface area contributed by atoms with Gasteiger partial charge in [0.1, 0.15) is 0 Å². The zero-order valence-corrected chi connectivity index (χ0v) is 23.0. The summed E-state index contributed by atoms with van der Waals surface area (Å²) in [5, 5.41) is 11.7. The highest BCUT2D eigenvalue weighted by Crippen LogP contribution is 2.68. The van der Waals surface area contributed by atoms with Crippen LogP contribution in [0.2, 0.25) is 0 Å². The van der Waals surface area contributed by atoms with Crippen LogP contribution in [0.25, 0.3) is 0 Å². The monoisotopic (exact) mass is 532 g/mol. The van der Waals surface area contributed by atoms with Gasteiger partial charge < -0.3 is 24.1 Å². The molecule has 38 heavy (non-hydrogen) atoms. The van der Waals surface area contributed by atoms with Crippen molar-refractivity contribution in [2.45, 2.75) is 77.9 Å². The molecule has 4 aliphatic rings. The maximum atomic E-state index is 13.8. The Labute approximate surface area is 223 Å². The first-order chi connectivity index (χ1) is 17.9. The minimum absolute atomic E-state index is 0.0357. The Kier molecular flexibility index (Phi) is 7.81. The predicted octanol–water partition coefficient (Wildman–Crippen LogP) is 4.56. The molecule has 4 rings (SSSR count). The Balaban J connectivity index is 1.67. The van der Waals surface area contributed by atoms with Gasteiger partial charge in [0.05, 0.1) is 19.8 Å². The lowest BCUT2D eigenvalue weighted by molar-refractivity contribution is -0.184. The summed E-state index contributed by atoms with van der Waals surface area (Å²) in [6.07, 6.45) is 5.79. The number of hydrogen-bond donors (Lipinski definition) is 1. The second-order valence-electron chi connectivity index (χ2n) is 11.9. The van der Waals surface area contributed by atoms with E-state index in [2.05, 4.69) is 11.7 Å². The molecular formula is C29H40O9. The number of ether oxygens (including phenoxy) is 4. The topological polar surface area (TPSA) is 125 Å². The summed E-state index contributed by atoms with van der Waals surface area (Å²) >= 11 is 0. The van der Waals surface area contributed by atoms with Crippen molar-refractivity contribution < 1.29 is 43.2 Å². The van der Waals surface area contributed by atoms with Crippen molar-refractivity contribution in [1.29, 1.82) is 0 Å². The Hall–Kier alpha value is -2.68. The van der Waals surface area contributed by atoms with Gasteiger partial charge in [0.25, 0.3) is 0 Å². The quantitative estimate of drug-likeness (QED) is 0.470. The predicted molar refractivity (Wildman–Crippen MR) is 136 cm³/mol. The molecule has 1 N–H and O–H groups in total. The standard InChI is InChI=1S/C29H40O9/c1-6-17(2)15-36-26(34)38-29(23(32)16-37-25(33)35-5)12-10-21-20-8-7-18-13-19(30)9-11-27(18,3)24(20)22(31)14-28(21,29)4/h9,11,13,17,20-22,24,31H,6-8,10,12,14-16H2,1-5H3/t17?,20-,21-,22?,24+,27-,28-,29-/m0/s1. The van der Waals surface area contributed by atoms with E-state index in [4.69, 9.17) is 14.2 Å². The molecule has 0 saturated heterocycles. The van der Waals surface area contributed by atoms with E-state index in [9.17, 15) is 24.3 Å². The minimum Gasteiger partial charge on any atom is -0.438 e. The van der Waals surface area contributed by atoms with Crippen LogP contribution in [0.15, 0.2) is 23.8 Å². The van der Waals surface area contributed by atoms with Gasteiger partial charge in [0, 0.05) is 16.7 Å². The van der Waals surface area contributed by atoms with Crippen molar-refractivity contribution in [3.8, 4) is 0 Å². The van der Waals surface area contributed by atoms with Gasteiger partial charge in [0.2, 0.25) is 5.78 Å². The van der Waals surface area contributed by atoms with Crippen molar-refractivity contribution in [3.63, 3.8) is 0 Å². The zero-order chi connectivity index (χ0) is 27.9. The number of aliphatic hydroxyl groups excluding tert-OH is 1. The number of hydrogen-bond acceptors (Lipinski definition) is 9. The van der Waals surface area contributed by atoms with Crippen LogP contribution < -0.4 is 0 Å². The summed E-state index contributed by atoms with van der Waals surface area (Å²) < 4.78 is 20.8. The van der Waals surface area contributed by atoms with E-state index in [1.165, 1.54) is 0 Å². The second-order valence-corrected chi connectivity index (χ2v) is 11.9. The van der Waals surface area contributed by atoms with Crippen LogP contribution >= 0.6 is 0 Å². The van der Waals surface area contributed by atoms with Gasteiger partial charge in [-0.25, -0.2) is 9.59 Å². The maximum Gasteiger partial charge on any atom is 0.509 e. The molecule has 0 aromatic carbocycles. The second kappa shape index (κ2) is 10.5. The van der Waals surface area contributed by atoms with Crippen molar-refractivity contribution in [1.82, 2.24) is 0 Å². The molecule has 0 radical (unpaired) electrons. The molecule has 9 nitrogen and oxygen atoms in total. The summed E-state index contributed by atoms with van der Waals surface area (Å²) in [5.74, 6) is -0.595. The minimum atomic E-state index is -1.63. The van der Waals surface area contributed by atoms with Crippen LogP contribution in [0.1, 0.15) is 66.2 Å². The van der Waals surface area contributed by atoms with Gasteiger partial charge in [-0.3, -0.25) is 9.59 Å². The Morgan fingerprint density at radius 3 is 2.58 bits per heavy atom. The fourth-order valence-electron chi connectivity index (χ4n) is 7.80.